The van der Waals surface area contributed by atoms with Crippen molar-refractivity contribution in [2.24, 2.45) is 5.92 Å². The standard InChI is InChI=1S/C40H29NO3S/c1-3-23(2)37(41-38(42)30-12-6-7-13-31(30)39(41)43)40(44)45-32-14-8-10-25-17-19-28-22-21-27-20-18-26-16-15-24-9-4-5-11-29(24)33(26)35(27)36(28)34(25)32/h4-23,37H,3H2,1-2H3/t23-,37-/m0/s1. The molecule has 8 rings (SSSR count). The van der Waals surface area contributed by atoms with Gasteiger partial charge in [0.25, 0.3) is 11.8 Å². The number of amides is 2. The van der Waals surface area contributed by atoms with E-state index in [4.69, 9.17) is 0 Å². The Labute approximate surface area is 264 Å². The van der Waals surface area contributed by atoms with E-state index in [-0.39, 0.29) is 11.0 Å². The summed E-state index contributed by atoms with van der Waals surface area (Å²) in [5.74, 6) is -1.01. The summed E-state index contributed by atoms with van der Waals surface area (Å²) in [4.78, 5) is 43.5. The lowest BCUT2D eigenvalue weighted by atomic mass is 9.91. The largest absolute Gasteiger partial charge is 0.284 e. The normalized spacial score (nSPS) is 14.6. The fourth-order valence-corrected chi connectivity index (χ4v) is 8.14. The highest BCUT2D eigenvalue weighted by molar-refractivity contribution is 8.14. The molecular formula is C40H29NO3S. The molecule has 0 N–H and O–H groups in total. The molecule has 0 aromatic heterocycles. The number of carbonyl (C=O) groups is 3. The van der Waals surface area contributed by atoms with Crippen LogP contribution in [0.15, 0.2) is 120 Å². The summed E-state index contributed by atoms with van der Waals surface area (Å²) >= 11 is 1.14. The van der Waals surface area contributed by atoms with Gasteiger partial charge in [0.15, 0.2) is 0 Å². The Bertz CT molecular complexity index is 2340. The van der Waals surface area contributed by atoms with Crippen molar-refractivity contribution in [2.45, 2.75) is 31.2 Å². The number of hydrogen-bond donors (Lipinski definition) is 0. The van der Waals surface area contributed by atoms with Crippen LogP contribution in [0.2, 0.25) is 0 Å². The van der Waals surface area contributed by atoms with Crippen LogP contribution in [0.4, 0.5) is 0 Å². The summed E-state index contributed by atoms with van der Waals surface area (Å²) in [5, 5.41) is 11.0. The first kappa shape index (κ1) is 27.5. The van der Waals surface area contributed by atoms with Crippen molar-refractivity contribution in [1.29, 1.82) is 0 Å². The lowest BCUT2D eigenvalue weighted by Gasteiger charge is -2.29. The minimum atomic E-state index is -0.890. The van der Waals surface area contributed by atoms with Crippen LogP contribution in [-0.2, 0) is 4.79 Å². The van der Waals surface area contributed by atoms with Gasteiger partial charge in [0.1, 0.15) is 6.04 Å². The molecule has 0 bridgehead atoms. The van der Waals surface area contributed by atoms with E-state index < -0.39 is 17.9 Å². The zero-order valence-corrected chi connectivity index (χ0v) is 25.7. The zero-order valence-electron chi connectivity index (χ0n) is 24.9. The number of carbonyl (C=O) groups excluding carboxylic acids is 3. The highest BCUT2D eigenvalue weighted by Gasteiger charge is 2.44. The second-order valence-corrected chi connectivity index (χ2v) is 13.0. The summed E-state index contributed by atoms with van der Waals surface area (Å²) in [7, 11) is 0. The van der Waals surface area contributed by atoms with Crippen LogP contribution in [0, 0.1) is 5.92 Å². The molecule has 7 aromatic rings. The molecule has 5 heteroatoms. The number of fused-ring (bicyclic) bond motifs is 10. The Kier molecular flexibility index (Phi) is 6.47. The first-order valence-corrected chi connectivity index (χ1v) is 16.1. The van der Waals surface area contributed by atoms with E-state index in [1.165, 1.54) is 21.1 Å². The van der Waals surface area contributed by atoms with Gasteiger partial charge in [0.2, 0.25) is 5.12 Å². The quantitative estimate of drug-likeness (QED) is 0.112. The molecule has 0 spiro atoms. The SMILES string of the molecule is CC[C@H](C)[C@@H](C(=O)Sc1cccc2ccc3ccc4ccc5ccc6ccccc6c5c4c3c12)N1C(=O)c2ccccc2C1=O. The second kappa shape index (κ2) is 10.6. The second-order valence-electron chi connectivity index (χ2n) is 11.9. The zero-order chi connectivity index (χ0) is 30.8. The maximum atomic E-state index is 14.4. The number of hydrogen-bond acceptors (Lipinski definition) is 4. The van der Waals surface area contributed by atoms with Crippen molar-refractivity contribution >= 4 is 82.6 Å². The molecule has 0 saturated heterocycles. The Morgan fingerprint density at radius 1 is 0.600 bits per heavy atom. The molecule has 2 amide bonds. The number of benzene rings is 7. The summed E-state index contributed by atoms with van der Waals surface area (Å²) in [6.07, 6.45) is 0.645. The maximum absolute atomic E-state index is 14.4. The summed E-state index contributed by atoms with van der Waals surface area (Å²) in [6.45, 7) is 3.93. The maximum Gasteiger partial charge on any atom is 0.262 e. The number of imide groups is 1. The fraction of sp³-hybridized carbons (Fsp3) is 0.125. The predicted molar refractivity (Wildman–Crippen MR) is 185 cm³/mol. The van der Waals surface area contributed by atoms with Crippen LogP contribution in [-0.4, -0.2) is 27.9 Å². The van der Waals surface area contributed by atoms with Crippen molar-refractivity contribution in [2.75, 3.05) is 0 Å². The van der Waals surface area contributed by atoms with Crippen LogP contribution in [0.3, 0.4) is 0 Å². The van der Waals surface area contributed by atoms with Gasteiger partial charge in [-0.1, -0.05) is 117 Å². The lowest BCUT2D eigenvalue weighted by molar-refractivity contribution is -0.115. The van der Waals surface area contributed by atoms with Crippen molar-refractivity contribution in [3.63, 3.8) is 0 Å². The number of rotatable bonds is 5. The van der Waals surface area contributed by atoms with Crippen LogP contribution in [0.25, 0.3) is 53.9 Å². The van der Waals surface area contributed by atoms with Gasteiger partial charge in [-0.05, 0) is 84.4 Å². The van der Waals surface area contributed by atoms with E-state index in [0.717, 1.165) is 54.4 Å². The van der Waals surface area contributed by atoms with Crippen LogP contribution < -0.4 is 0 Å². The van der Waals surface area contributed by atoms with Crippen molar-refractivity contribution < 1.29 is 14.4 Å². The molecule has 45 heavy (non-hydrogen) atoms. The minimum Gasteiger partial charge on any atom is -0.284 e. The van der Waals surface area contributed by atoms with Gasteiger partial charge in [0, 0.05) is 10.3 Å². The monoisotopic (exact) mass is 603 g/mol. The van der Waals surface area contributed by atoms with E-state index >= 15 is 0 Å². The molecule has 0 radical (unpaired) electrons. The molecule has 0 unspecified atom stereocenters. The Morgan fingerprint density at radius 3 is 1.71 bits per heavy atom. The Morgan fingerprint density at radius 2 is 1.09 bits per heavy atom. The van der Waals surface area contributed by atoms with E-state index in [9.17, 15) is 14.4 Å². The fourth-order valence-electron chi connectivity index (χ4n) is 7.00. The topological polar surface area (TPSA) is 54.5 Å². The van der Waals surface area contributed by atoms with Crippen molar-refractivity contribution in [3.05, 3.63) is 126 Å². The third-order valence-electron chi connectivity index (χ3n) is 9.41. The molecule has 1 aliphatic rings. The van der Waals surface area contributed by atoms with Crippen molar-refractivity contribution in [1.82, 2.24) is 4.90 Å². The third kappa shape index (κ3) is 4.18. The first-order valence-electron chi connectivity index (χ1n) is 15.3. The molecule has 0 fully saturated rings. The molecule has 1 heterocycles. The Hall–Kier alpha value is -5.00. The van der Waals surface area contributed by atoms with Crippen LogP contribution in [0.5, 0.6) is 0 Å². The molecule has 2 atom stereocenters. The van der Waals surface area contributed by atoms with E-state index in [0.29, 0.717) is 17.5 Å². The van der Waals surface area contributed by atoms with Crippen molar-refractivity contribution in [3.8, 4) is 0 Å². The third-order valence-corrected chi connectivity index (χ3v) is 10.4. The molecule has 0 aliphatic carbocycles. The summed E-state index contributed by atoms with van der Waals surface area (Å²) in [6, 6.07) is 37.7. The lowest BCUT2D eigenvalue weighted by Crippen LogP contribution is -2.47. The molecule has 218 valence electrons. The average molecular weight is 604 g/mol. The van der Waals surface area contributed by atoms with E-state index in [2.05, 4.69) is 78.9 Å². The molecular weight excluding hydrogens is 575 g/mol. The summed E-state index contributed by atoms with van der Waals surface area (Å²) < 4.78 is 0. The van der Waals surface area contributed by atoms with Gasteiger partial charge in [-0.25, -0.2) is 0 Å². The molecule has 1 aliphatic heterocycles. The van der Waals surface area contributed by atoms with Gasteiger partial charge >= 0.3 is 0 Å². The Balaban J connectivity index is 1.35. The minimum absolute atomic E-state index is 0.209. The molecule has 4 nitrogen and oxygen atoms in total. The average Bonchev–Trinajstić information content (AvgIpc) is 3.32. The summed E-state index contributed by atoms with van der Waals surface area (Å²) in [5.41, 5.74) is 0.714. The van der Waals surface area contributed by atoms with Gasteiger partial charge in [-0.15, -0.1) is 0 Å². The van der Waals surface area contributed by atoms with E-state index in [1.807, 2.05) is 26.0 Å². The van der Waals surface area contributed by atoms with E-state index in [1.54, 1.807) is 24.3 Å². The van der Waals surface area contributed by atoms with Crippen LogP contribution in [0.1, 0.15) is 41.0 Å². The molecule has 0 saturated carbocycles. The van der Waals surface area contributed by atoms with Gasteiger partial charge in [-0.2, -0.15) is 0 Å². The molecule has 7 aromatic carbocycles. The predicted octanol–water partition coefficient (Wildman–Crippen LogP) is 9.78. The number of nitrogens with zero attached hydrogens (tertiary/aromatic N) is 1. The van der Waals surface area contributed by atoms with Gasteiger partial charge in [0.05, 0.1) is 11.1 Å². The van der Waals surface area contributed by atoms with Gasteiger partial charge in [-0.3, -0.25) is 19.3 Å². The number of thioether (sulfide) groups is 1. The highest BCUT2D eigenvalue weighted by atomic mass is 32.2. The highest BCUT2D eigenvalue weighted by Crippen LogP contribution is 2.43. The van der Waals surface area contributed by atoms with Crippen LogP contribution >= 0.6 is 11.8 Å². The smallest absolute Gasteiger partial charge is 0.262 e. The first-order chi connectivity index (χ1) is 22.0. The van der Waals surface area contributed by atoms with Gasteiger partial charge < -0.3 is 0 Å².